The number of hydrogen-bond donors (Lipinski definition) is 0. The number of hydrogen-bond acceptors (Lipinski definition) is 0. The summed E-state index contributed by atoms with van der Waals surface area (Å²) in [5.41, 5.74) is 10.4. The summed E-state index contributed by atoms with van der Waals surface area (Å²) >= 11 is 0. The fourth-order valence-corrected chi connectivity index (χ4v) is 10.3. The van der Waals surface area contributed by atoms with E-state index in [1.54, 1.807) is 0 Å². The summed E-state index contributed by atoms with van der Waals surface area (Å²) in [5, 5.41) is 8.66. The Morgan fingerprint density at radius 3 is 1.17 bits per heavy atom. The third-order valence-electron chi connectivity index (χ3n) is 14.1. The Kier molecular flexibility index (Phi) is 19.4. The van der Waals surface area contributed by atoms with Gasteiger partial charge >= 0.3 is 0 Å². The molecule has 2 nitrogen and oxygen atoms in total. The van der Waals surface area contributed by atoms with Crippen molar-refractivity contribution in [3.05, 3.63) is 138 Å². The maximum atomic E-state index is 3.34. The van der Waals surface area contributed by atoms with Crippen molar-refractivity contribution < 1.29 is 9.13 Å². The van der Waals surface area contributed by atoms with Gasteiger partial charge in [-0.15, -0.1) is 5.73 Å². The van der Waals surface area contributed by atoms with Gasteiger partial charge in [0.25, 0.3) is 0 Å². The molecule has 2 heterocycles. The molecular formula is C61H80N2+2. The average Bonchev–Trinajstić information content (AvgIpc) is 3.85. The van der Waals surface area contributed by atoms with Gasteiger partial charge in [-0.2, -0.15) is 0 Å². The lowest BCUT2D eigenvalue weighted by Crippen LogP contribution is -2.33. The third-order valence-corrected chi connectivity index (χ3v) is 14.1. The highest BCUT2D eigenvalue weighted by Gasteiger charge is 2.14. The van der Waals surface area contributed by atoms with E-state index >= 15 is 0 Å². The minimum absolute atomic E-state index is 1.09. The topological polar surface area (TPSA) is 7.76 Å². The number of pyridine rings is 2. The lowest BCUT2D eigenvalue weighted by Gasteiger charge is -2.16. The van der Waals surface area contributed by atoms with Crippen LogP contribution in [0.4, 0.5) is 0 Å². The molecule has 2 heteroatoms. The Bertz CT molecular complexity index is 2320. The number of aromatic nitrogens is 2. The number of rotatable bonds is 32. The minimum Gasteiger partial charge on any atom is -0.205 e. The first-order valence-electron chi connectivity index (χ1n) is 26.1. The van der Waals surface area contributed by atoms with Gasteiger partial charge in [0, 0.05) is 37.1 Å². The first kappa shape index (κ1) is 46.5. The molecule has 0 fully saturated rings. The summed E-state index contributed by atoms with van der Waals surface area (Å²) in [6.07, 6.45) is 51.8. The molecule has 4 aromatic carbocycles. The van der Waals surface area contributed by atoms with Gasteiger partial charge in [0.05, 0.1) is 0 Å². The second-order valence-corrected chi connectivity index (χ2v) is 19.1. The summed E-state index contributed by atoms with van der Waals surface area (Å²) in [6.45, 7) is 4.52. The molecule has 0 bridgehead atoms. The average molecular weight is 841 g/mol. The molecule has 0 saturated carbocycles. The fourth-order valence-electron chi connectivity index (χ4n) is 10.3. The molecule has 2 aromatic heterocycles. The summed E-state index contributed by atoms with van der Waals surface area (Å²) in [4.78, 5) is 0. The molecule has 1 aliphatic rings. The minimum atomic E-state index is 1.09. The van der Waals surface area contributed by atoms with E-state index in [4.69, 9.17) is 0 Å². The molecule has 332 valence electrons. The monoisotopic (exact) mass is 841 g/mol. The lowest BCUT2D eigenvalue weighted by atomic mass is 9.88. The van der Waals surface area contributed by atoms with E-state index in [-0.39, 0.29) is 0 Å². The van der Waals surface area contributed by atoms with E-state index in [1.807, 2.05) is 6.08 Å². The van der Waals surface area contributed by atoms with Gasteiger partial charge in [0.2, 0.25) is 0 Å². The first-order chi connectivity index (χ1) is 31.3. The maximum absolute atomic E-state index is 3.34. The molecule has 63 heavy (non-hydrogen) atoms. The quantitative estimate of drug-likeness (QED) is 0.0173. The predicted octanol–water partition coefficient (Wildman–Crippen LogP) is 17.0. The second-order valence-electron chi connectivity index (χ2n) is 19.1. The maximum Gasteiger partial charge on any atom is 0.169 e. The van der Waals surface area contributed by atoms with E-state index in [1.165, 1.54) is 221 Å². The predicted molar refractivity (Wildman–Crippen MR) is 272 cm³/mol. The van der Waals surface area contributed by atoms with Crippen LogP contribution in [0.5, 0.6) is 0 Å². The zero-order chi connectivity index (χ0) is 43.2. The van der Waals surface area contributed by atoms with Crippen LogP contribution < -0.4 is 9.13 Å². The Morgan fingerprint density at radius 1 is 0.381 bits per heavy atom. The van der Waals surface area contributed by atoms with E-state index < -0.39 is 0 Å². The van der Waals surface area contributed by atoms with Gasteiger partial charge < -0.3 is 0 Å². The zero-order valence-corrected chi connectivity index (χ0v) is 39.4. The molecule has 0 saturated heterocycles. The molecule has 7 rings (SSSR count). The highest BCUT2D eigenvalue weighted by atomic mass is 14.9. The van der Waals surface area contributed by atoms with Crippen molar-refractivity contribution in [2.75, 3.05) is 0 Å². The molecule has 0 atom stereocenters. The number of benzene rings is 4. The Morgan fingerprint density at radius 2 is 0.762 bits per heavy atom. The second kappa shape index (κ2) is 26.3. The molecule has 0 aliphatic heterocycles. The van der Waals surface area contributed by atoms with Crippen molar-refractivity contribution in [2.45, 2.75) is 193 Å². The molecule has 0 radical (unpaired) electrons. The first-order valence-corrected chi connectivity index (χ1v) is 26.1. The summed E-state index contributed by atoms with van der Waals surface area (Å²) in [6, 6.07) is 28.3. The highest BCUT2D eigenvalue weighted by Crippen LogP contribution is 2.38. The number of nitrogens with zero attached hydrogens (tertiary/aromatic N) is 2. The fraction of sp³-hybridized carbons (Fsp3) is 0.492. The van der Waals surface area contributed by atoms with Gasteiger partial charge in [-0.25, -0.2) is 9.13 Å². The van der Waals surface area contributed by atoms with E-state index in [0.717, 1.165) is 25.9 Å². The molecule has 0 amide bonds. The zero-order valence-electron chi connectivity index (χ0n) is 39.4. The van der Waals surface area contributed by atoms with E-state index in [9.17, 15) is 0 Å². The Labute approximate surface area is 382 Å². The van der Waals surface area contributed by atoms with Crippen molar-refractivity contribution in [3.63, 3.8) is 0 Å². The van der Waals surface area contributed by atoms with Crippen molar-refractivity contribution in [2.24, 2.45) is 0 Å². The van der Waals surface area contributed by atoms with Crippen LogP contribution in [0.2, 0.25) is 0 Å². The van der Waals surface area contributed by atoms with Gasteiger partial charge in [0.1, 0.15) is 13.1 Å². The van der Waals surface area contributed by atoms with Crippen molar-refractivity contribution in [1.29, 1.82) is 0 Å². The summed E-state index contributed by atoms with van der Waals surface area (Å²) < 4.78 is 4.73. The van der Waals surface area contributed by atoms with Crippen LogP contribution in [0.1, 0.15) is 179 Å². The van der Waals surface area contributed by atoms with Crippen molar-refractivity contribution >= 4 is 32.3 Å². The van der Waals surface area contributed by atoms with Crippen molar-refractivity contribution in [3.8, 4) is 11.1 Å². The smallest absolute Gasteiger partial charge is 0.169 e. The SMILES string of the molecule is CCCCCCCCCCCCCCCCCC[n+]1ccc(-c2cc[n+](CCCCCCc3ccc4ccc5c(CCCCCCC6=C=CC=C6)ccc6ccc3c4c65)cc2)cc1. The molecule has 0 spiro atoms. The van der Waals surface area contributed by atoms with Gasteiger partial charge in [0.15, 0.2) is 24.8 Å². The number of allylic oxidation sites excluding steroid dienone is 3. The third kappa shape index (κ3) is 14.5. The summed E-state index contributed by atoms with van der Waals surface area (Å²) in [7, 11) is 0. The van der Waals surface area contributed by atoms with Gasteiger partial charge in [-0.3, -0.25) is 0 Å². The molecular weight excluding hydrogens is 761 g/mol. The molecule has 0 unspecified atom stereocenters. The van der Waals surface area contributed by atoms with Crippen molar-refractivity contribution in [1.82, 2.24) is 0 Å². The number of unbranched alkanes of at least 4 members (excludes halogenated alkanes) is 21. The van der Waals surface area contributed by atoms with Crippen LogP contribution in [0, 0.1) is 0 Å². The van der Waals surface area contributed by atoms with Crippen LogP contribution in [0.15, 0.2) is 127 Å². The number of aryl methyl sites for hydroxylation is 4. The van der Waals surface area contributed by atoms with E-state index in [0.29, 0.717) is 0 Å². The van der Waals surface area contributed by atoms with Crippen LogP contribution in [-0.4, -0.2) is 0 Å². The molecule has 0 N–H and O–H groups in total. The highest BCUT2D eigenvalue weighted by molar-refractivity contribution is 6.24. The van der Waals surface area contributed by atoms with Crippen LogP contribution in [0.25, 0.3) is 43.4 Å². The molecule has 1 aliphatic carbocycles. The molecule has 6 aromatic rings. The van der Waals surface area contributed by atoms with Crippen LogP contribution in [-0.2, 0) is 25.9 Å². The van der Waals surface area contributed by atoms with Crippen LogP contribution >= 0.6 is 0 Å². The normalized spacial score (nSPS) is 12.5. The van der Waals surface area contributed by atoms with E-state index in [2.05, 4.69) is 132 Å². The largest absolute Gasteiger partial charge is 0.205 e. The lowest BCUT2D eigenvalue weighted by molar-refractivity contribution is -0.697. The standard InChI is InChI=1S/C61H80N2/c1-2-3-4-5-6-7-8-9-10-11-12-13-14-15-19-26-45-62-47-41-52(42-48-62)53-43-49-63(50-44-53)46-27-20-18-23-32-55-34-36-57-37-39-58-54(31-22-17-16-21-28-51-29-24-25-30-51)33-35-56-38-40-59(55)61(57)60(56)58/h24-25,29,33-44,47-50H,2-23,26-28,31-32,45-46H2,1H3/q+2. The van der Waals surface area contributed by atoms with Gasteiger partial charge in [-0.1, -0.05) is 177 Å². The Balaban J connectivity index is 0.760. The summed E-state index contributed by atoms with van der Waals surface area (Å²) in [5.74, 6) is 0. The van der Waals surface area contributed by atoms with Gasteiger partial charge in [-0.05, 0) is 118 Å². The van der Waals surface area contributed by atoms with Crippen LogP contribution in [0.3, 0.4) is 0 Å². The Hall–Kier alpha value is -4.52.